The van der Waals surface area contributed by atoms with E-state index in [1.54, 1.807) is 24.3 Å². The van der Waals surface area contributed by atoms with Crippen LogP contribution in [-0.2, 0) is 0 Å². The van der Waals surface area contributed by atoms with E-state index < -0.39 is 29.0 Å². The number of hydrogen-bond acceptors (Lipinski definition) is 3. The molecule has 1 atom stereocenters. The van der Waals surface area contributed by atoms with Gasteiger partial charge in [-0.2, -0.15) is 0 Å². The third kappa shape index (κ3) is 2.94. The van der Waals surface area contributed by atoms with Crippen LogP contribution in [0.25, 0.3) is 11.0 Å². The van der Waals surface area contributed by atoms with Gasteiger partial charge in [0.15, 0.2) is 5.43 Å². The van der Waals surface area contributed by atoms with Crippen molar-refractivity contribution in [1.29, 1.82) is 0 Å². The van der Waals surface area contributed by atoms with Crippen molar-refractivity contribution in [3.05, 3.63) is 110 Å². The van der Waals surface area contributed by atoms with Crippen LogP contribution >= 0.6 is 11.6 Å². The van der Waals surface area contributed by atoms with Crippen molar-refractivity contribution in [2.24, 2.45) is 0 Å². The Labute approximate surface area is 180 Å². The van der Waals surface area contributed by atoms with Gasteiger partial charge in [0, 0.05) is 16.3 Å². The molecule has 1 aromatic heterocycles. The van der Waals surface area contributed by atoms with Crippen LogP contribution in [-0.4, -0.2) is 5.91 Å². The normalized spacial score (nSPS) is 15.5. The molecule has 0 saturated heterocycles. The van der Waals surface area contributed by atoms with Crippen molar-refractivity contribution in [2.75, 3.05) is 4.90 Å². The third-order valence-corrected chi connectivity index (χ3v) is 5.87. The predicted molar refractivity (Wildman–Crippen MR) is 114 cm³/mol. The molecule has 1 aliphatic rings. The van der Waals surface area contributed by atoms with Gasteiger partial charge in [-0.15, -0.1) is 0 Å². The van der Waals surface area contributed by atoms with E-state index in [4.69, 9.17) is 16.0 Å². The zero-order valence-electron chi connectivity index (χ0n) is 16.2. The van der Waals surface area contributed by atoms with Gasteiger partial charge >= 0.3 is 0 Å². The molecular formula is C24H14ClF2NO3. The van der Waals surface area contributed by atoms with Crippen LogP contribution in [0.5, 0.6) is 0 Å². The number of anilines is 1. The summed E-state index contributed by atoms with van der Waals surface area (Å²) in [6, 6.07) is 13.3. The van der Waals surface area contributed by atoms with Crippen LogP contribution in [0.1, 0.15) is 33.3 Å². The smallest absolute Gasteiger partial charge is 0.295 e. The Morgan fingerprint density at radius 2 is 1.77 bits per heavy atom. The summed E-state index contributed by atoms with van der Waals surface area (Å²) < 4.78 is 34.4. The number of amides is 1. The van der Waals surface area contributed by atoms with Crippen LogP contribution < -0.4 is 10.3 Å². The molecule has 0 saturated carbocycles. The molecule has 0 spiro atoms. The first-order valence-corrected chi connectivity index (χ1v) is 9.85. The Morgan fingerprint density at radius 3 is 2.52 bits per heavy atom. The van der Waals surface area contributed by atoms with Gasteiger partial charge in [-0.3, -0.25) is 14.5 Å². The van der Waals surface area contributed by atoms with Crippen LogP contribution in [0.15, 0.2) is 69.9 Å². The summed E-state index contributed by atoms with van der Waals surface area (Å²) in [7, 11) is 0. The van der Waals surface area contributed by atoms with E-state index in [-0.39, 0.29) is 27.9 Å². The number of carbonyl (C=O) groups excluding carboxylic acids is 1. The summed E-state index contributed by atoms with van der Waals surface area (Å²) in [6.07, 6.45) is 0. The van der Waals surface area contributed by atoms with Crippen molar-refractivity contribution in [3.63, 3.8) is 0 Å². The number of halogens is 3. The van der Waals surface area contributed by atoms with Crippen LogP contribution in [0.3, 0.4) is 0 Å². The molecule has 1 aliphatic heterocycles. The van der Waals surface area contributed by atoms with Gasteiger partial charge in [-0.05, 0) is 48.9 Å². The second-order valence-corrected chi connectivity index (χ2v) is 7.75. The maximum absolute atomic E-state index is 14.8. The summed E-state index contributed by atoms with van der Waals surface area (Å²) in [5.41, 5.74) is 0.759. The quantitative estimate of drug-likeness (QED) is 0.399. The maximum Gasteiger partial charge on any atom is 0.295 e. The highest BCUT2D eigenvalue weighted by atomic mass is 35.5. The Morgan fingerprint density at radius 1 is 1.00 bits per heavy atom. The van der Waals surface area contributed by atoms with E-state index in [9.17, 15) is 18.4 Å². The van der Waals surface area contributed by atoms with Crippen LogP contribution in [0.4, 0.5) is 14.5 Å². The number of rotatable bonds is 2. The minimum Gasteiger partial charge on any atom is -0.450 e. The molecule has 0 N–H and O–H groups in total. The number of nitrogens with zero attached hydrogens (tertiary/aromatic N) is 1. The van der Waals surface area contributed by atoms with Crippen molar-refractivity contribution in [2.45, 2.75) is 13.0 Å². The molecule has 31 heavy (non-hydrogen) atoms. The summed E-state index contributed by atoms with van der Waals surface area (Å²) in [4.78, 5) is 28.0. The fraction of sp³-hybridized carbons (Fsp3) is 0.0833. The maximum atomic E-state index is 14.8. The van der Waals surface area contributed by atoms with Crippen molar-refractivity contribution < 1.29 is 18.0 Å². The summed E-state index contributed by atoms with van der Waals surface area (Å²) in [5, 5.41) is 0.400. The molecule has 1 unspecified atom stereocenters. The summed E-state index contributed by atoms with van der Waals surface area (Å²) in [5.74, 6) is -2.01. The number of carbonyl (C=O) groups is 1. The Bertz CT molecular complexity index is 1450. The zero-order chi connectivity index (χ0) is 21.9. The molecule has 0 aliphatic carbocycles. The second kappa shape index (κ2) is 7.03. The van der Waals surface area contributed by atoms with Gasteiger partial charge in [-0.25, -0.2) is 8.78 Å². The average Bonchev–Trinajstić information content (AvgIpc) is 3.04. The molecule has 3 aromatic carbocycles. The summed E-state index contributed by atoms with van der Waals surface area (Å²) in [6.45, 7) is 1.81. The third-order valence-electron chi connectivity index (χ3n) is 5.47. The predicted octanol–water partition coefficient (Wildman–Crippen LogP) is 5.78. The van der Waals surface area contributed by atoms with Gasteiger partial charge in [-0.1, -0.05) is 35.9 Å². The first kappa shape index (κ1) is 19.5. The first-order valence-electron chi connectivity index (χ1n) is 9.47. The highest BCUT2D eigenvalue weighted by Crippen LogP contribution is 2.42. The van der Waals surface area contributed by atoms with Gasteiger partial charge in [0.05, 0.1) is 17.0 Å². The van der Waals surface area contributed by atoms with E-state index in [0.29, 0.717) is 10.7 Å². The number of benzene rings is 3. The Kier molecular flexibility index (Phi) is 4.41. The molecule has 0 fully saturated rings. The Hall–Kier alpha value is -3.51. The molecule has 7 heteroatoms. The second-order valence-electron chi connectivity index (χ2n) is 7.35. The molecular weight excluding hydrogens is 424 g/mol. The largest absolute Gasteiger partial charge is 0.450 e. The average molecular weight is 438 g/mol. The molecule has 154 valence electrons. The lowest BCUT2D eigenvalue weighted by Crippen LogP contribution is -2.30. The molecule has 0 bridgehead atoms. The zero-order valence-corrected chi connectivity index (χ0v) is 16.9. The van der Waals surface area contributed by atoms with Gasteiger partial charge < -0.3 is 4.42 Å². The minimum absolute atomic E-state index is 0.0170. The molecule has 4 nitrogen and oxygen atoms in total. The lowest BCUT2D eigenvalue weighted by Gasteiger charge is -2.26. The van der Waals surface area contributed by atoms with Gasteiger partial charge in [0.25, 0.3) is 5.91 Å². The van der Waals surface area contributed by atoms with E-state index >= 15 is 0 Å². The van der Waals surface area contributed by atoms with Crippen molar-refractivity contribution in [3.8, 4) is 0 Å². The van der Waals surface area contributed by atoms with Gasteiger partial charge in [0.2, 0.25) is 5.76 Å². The molecule has 1 amide bonds. The Balaban J connectivity index is 1.85. The molecule has 5 rings (SSSR count). The van der Waals surface area contributed by atoms with Gasteiger partial charge in [0.1, 0.15) is 17.2 Å². The molecule has 2 heterocycles. The fourth-order valence-electron chi connectivity index (χ4n) is 3.93. The highest BCUT2D eigenvalue weighted by Gasteiger charge is 2.44. The molecule has 4 aromatic rings. The lowest BCUT2D eigenvalue weighted by atomic mass is 9.97. The van der Waals surface area contributed by atoms with E-state index in [1.165, 1.54) is 29.2 Å². The highest BCUT2D eigenvalue weighted by molar-refractivity contribution is 6.31. The van der Waals surface area contributed by atoms with Crippen LogP contribution in [0.2, 0.25) is 5.02 Å². The van der Waals surface area contributed by atoms with Crippen molar-refractivity contribution >= 4 is 34.2 Å². The number of aryl methyl sites for hydroxylation is 1. The van der Waals surface area contributed by atoms with E-state index in [1.807, 2.05) is 6.92 Å². The van der Waals surface area contributed by atoms with E-state index in [2.05, 4.69) is 0 Å². The fourth-order valence-corrected chi connectivity index (χ4v) is 4.11. The van der Waals surface area contributed by atoms with Crippen LogP contribution in [0, 0.1) is 18.6 Å². The topological polar surface area (TPSA) is 50.5 Å². The number of fused-ring (bicyclic) bond motifs is 2. The van der Waals surface area contributed by atoms with Crippen molar-refractivity contribution in [1.82, 2.24) is 0 Å². The standard InChI is InChI=1S/C24H14ClF2NO3/c1-12-6-8-14(11-17(12)25)28-21(15-4-2-3-5-18(15)27)20-22(29)16-10-13(26)7-9-19(16)31-23(20)24(28)30/h2-11,21H,1H3. The lowest BCUT2D eigenvalue weighted by molar-refractivity contribution is 0.0971. The molecule has 0 radical (unpaired) electrons. The SMILES string of the molecule is Cc1ccc(N2C(=O)c3oc4ccc(F)cc4c(=O)c3C2c2ccccc2F)cc1Cl. The number of hydrogen-bond donors (Lipinski definition) is 0. The minimum atomic E-state index is -1.09. The summed E-state index contributed by atoms with van der Waals surface area (Å²) >= 11 is 6.27. The van der Waals surface area contributed by atoms with E-state index in [0.717, 1.165) is 17.7 Å². The first-order chi connectivity index (χ1) is 14.9. The monoisotopic (exact) mass is 437 g/mol.